The first kappa shape index (κ1) is 59.7. The van der Waals surface area contributed by atoms with E-state index in [1.54, 1.807) is 70.3 Å². The number of aromatic amines is 1. The Hall–Kier alpha value is -7.15. The molecule has 24 heteroatoms. The number of benzene rings is 3. The highest BCUT2D eigenvalue weighted by molar-refractivity contribution is 8.77. The highest BCUT2D eigenvalue weighted by Crippen LogP contribution is 2.39. The number of phenols is 1. The number of unbranched alkanes of at least 4 members (excludes halogenated alkanes) is 1. The van der Waals surface area contributed by atoms with Gasteiger partial charge in [-0.2, -0.15) is 0 Å². The average Bonchev–Trinajstić information content (AvgIpc) is 3.78. The van der Waals surface area contributed by atoms with Gasteiger partial charge in [0.15, 0.2) is 0 Å². The van der Waals surface area contributed by atoms with Crippen molar-refractivity contribution in [1.82, 2.24) is 42.2 Å². The number of phenolic OH excluding ortho intramolecular Hbond substituents is 1. The summed E-state index contributed by atoms with van der Waals surface area (Å²) in [5, 5.41) is 49.2. The molecule has 0 bridgehead atoms. The van der Waals surface area contributed by atoms with Gasteiger partial charge in [-0.3, -0.25) is 38.4 Å². The number of para-hydroxylation sites is 1. The van der Waals surface area contributed by atoms with Crippen LogP contribution < -0.4 is 48.7 Å². The van der Waals surface area contributed by atoms with Crippen molar-refractivity contribution in [2.75, 3.05) is 12.3 Å². The Bertz CT molecular complexity index is 2690. The van der Waals surface area contributed by atoms with Gasteiger partial charge < -0.3 is 69.0 Å². The second-order valence-electron chi connectivity index (χ2n) is 19.4. The van der Waals surface area contributed by atoms with Crippen LogP contribution in [0.3, 0.4) is 0 Å². The van der Waals surface area contributed by atoms with Crippen molar-refractivity contribution in [1.29, 1.82) is 0 Å². The van der Waals surface area contributed by atoms with Crippen LogP contribution in [0.4, 0.5) is 0 Å². The van der Waals surface area contributed by atoms with Gasteiger partial charge in [0.05, 0.1) is 12.5 Å². The molecule has 15 N–H and O–H groups in total. The summed E-state index contributed by atoms with van der Waals surface area (Å²) in [5.41, 5.74) is 14.2. The number of rotatable bonds is 18. The number of aromatic hydroxyl groups is 1. The standard InChI is InChI=1S/C52H68N10O12S2/c1-28(2)42(51(73)74)61-49(71)40-27-75-76-52(3,4)43(62-44(66)34(54)25-41(64)65)50(72)59-38(22-29-12-6-5-7-13-29)46(68)58-39(24-31-26-55-35-15-9-8-14-33(31)35)48(70)56-36(16-10-11-21-53)45(67)57-37(47(69)60-40)23-30-17-19-32(63)20-18-30/h5-9,12-15,17-20,26,28,34,36-40,42-43,55,63H,10-11,16,21-25,27,53-54H2,1-4H3,(H,56,70)(H,57,67)(H,58,68)(H,59,72)(H,60,69)(H,61,71)(H,62,66)(H,64,65)(H,73,74)/t34-,36-,37-,38-,39-,40-,42-,43+/m0/s1. The molecule has 2 heterocycles. The van der Waals surface area contributed by atoms with Gasteiger partial charge in [0.25, 0.3) is 0 Å². The largest absolute Gasteiger partial charge is 0.508 e. The maximum atomic E-state index is 14.9. The number of hydrogen-bond donors (Lipinski definition) is 13. The van der Waals surface area contributed by atoms with Gasteiger partial charge in [0.2, 0.25) is 41.4 Å². The molecule has 0 saturated carbocycles. The predicted molar refractivity (Wildman–Crippen MR) is 287 cm³/mol. The maximum absolute atomic E-state index is 14.9. The first-order chi connectivity index (χ1) is 36.1. The van der Waals surface area contributed by atoms with E-state index in [-0.39, 0.29) is 43.7 Å². The molecule has 76 heavy (non-hydrogen) atoms. The Morgan fingerprint density at radius 2 is 1.28 bits per heavy atom. The molecule has 410 valence electrons. The molecule has 0 aliphatic carbocycles. The lowest BCUT2D eigenvalue weighted by Crippen LogP contribution is -2.63. The Balaban J connectivity index is 1.66. The molecule has 4 aromatic rings. The van der Waals surface area contributed by atoms with Gasteiger partial charge in [0, 0.05) is 46.9 Å². The molecule has 1 aliphatic heterocycles. The van der Waals surface area contributed by atoms with E-state index < -0.39 is 119 Å². The van der Waals surface area contributed by atoms with Crippen molar-refractivity contribution in [3.8, 4) is 5.75 Å². The lowest BCUT2D eigenvalue weighted by Gasteiger charge is -2.35. The summed E-state index contributed by atoms with van der Waals surface area (Å²) < 4.78 is -1.42. The summed E-state index contributed by atoms with van der Waals surface area (Å²) in [6.07, 6.45) is 1.23. The molecule has 22 nitrogen and oxygen atoms in total. The summed E-state index contributed by atoms with van der Waals surface area (Å²) in [7, 11) is 1.92. The van der Waals surface area contributed by atoms with Crippen molar-refractivity contribution in [2.24, 2.45) is 17.4 Å². The molecule has 8 atom stereocenters. The molecule has 0 radical (unpaired) electrons. The highest BCUT2D eigenvalue weighted by Gasteiger charge is 2.42. The van der Waals surface area contributed by atoms with Gasteiger partial charge in [-0.25, -0.2) is 4.79 Å². The van der Waals surface area contributed by atoms with E-state index in [0.717, 1.165) is 32.5 Å². The second-order valence-corrected chi connectivity index (χ2v) is 22.4. The first-order valence-electron chi connectivity index (χ1n) is 24.8. The molecule has 1 saturated heterocycles. The summed E-state index contributed by atoms with van der Waals surface area (Å²) >= 11 is 0. The van der Waals surface area contributed by atoms with Crippen molar-refractivity contribution in [2.45, 2.75) is 126 Å². The van der Waals surface area contributed by atoms with Crippen LogP contribution in [-0.2, 0) is 62.4 Å². The topological polar surface area (TPSA) is 366 Å². The van der Waals surface area contributed by atoms with Gasteiger partial charge in [-0.05, 0) is 80.5 Å². The molecule has 7 amide bonds. The first-order valence-corrected chi connectivity index (χ1v) is 27.1. The summed E-state index contributed by atoms with van der Waals surface area (Å²) in [5.74, 6) is -9.92. The number of nitrogens with two attached hydrogens (primary N) is 2. The number of fused-ring (bicyclic) bond motifs is 1. The third-order valence-corrected chi connectivity index (χ3v) is 15.9. The molecular formula is C52H68N10O12S2. The number of carboxylic acid groups (broad SMARTS) is 2. The number of hydrogen-bond acceptors (Lipinski definition) is 14. The zero-order valence-corrected chi connectivity index (χ0v) is 44.3. The third-order valence-electron chi connectivity index (χ3n) is 12.6. The number of amides is 7. The average molecular weight is 1090 g/mol. The van der Waals surface area contributed by atoms with Gasteiger partial charge >= 0.3 is 11.9 Å². The Morgan fingerprint density at radius 3 is 1.88 bits per heavy atom. The lowest BCUT2D eigenvalue weighted by molar-refractivity contribution is -0.143. The Labute approximate surface area is 447 Å². The van der Waals surface area contributed by atoms with Crippen LogP contribution in [0.25, 0.3) is 10.9 Å². The normalized spacial score (nSPS) is 21.9. The van der Waals surface area contributed by atoms with Crippen LogP contribution >= 0.6 is 21.6 Å². The van der Waals surface area contributed by atoms with Crippen molar-refractivity contribution >= 4 is 85.8 Å². The van der Waals surface area contributed by atoms with Gasteiger partial charge in [0.1, 0.15) is 48.0 Å². The minimum absolute atomic E-state index is 0.0203. The zero-order chi connectivity index (χ0) is 55.7. The summed E-state index contributed by atoms with van der Waals surface area (Å²) in [6, 6.07) is 9.96. The molecule has 0 unspecified atom stereocenters. The van der Waals surface area contributed by atoms with E-state index >= 15 is 0 Å². The fourth-order valence-corrected chi connectivity index (χ4v) is 11.1. The van der Waals surface area contributed by atoms with Crippen LogP contribution in [0, 0.1) is 5.92 Å². The smallest absolute Gasteiger partial charge is 0.326 e. The molecule has 1 fully saturated rings. The van der Waals surface area contributed by atoms with Crippen molar-refractivity contribution in [3.63, 3.8) is 0 Å². The predicted octanol–water partition coefficient (Wildman–Crippen LogP) is 1.14. The zero-order valence-electron chi connectivity index (χ0n) is 42.6. The number of carboxylic acids is 2. The Morgan fingerprint density at radius 1 is 0.724 bits per heavy atom. The summed E-state index contributed by atoms with van der Waals surface area (Å²) in [4.78, 5) is 129. The molecule has 1 aliphatic rings. The molecule has 1 aromatic heterocycles. The SMILES string of the molecule is CC(C)[C@H](NC(=O)[C@@H]1CSSC(C)(C)[C@H](NC(=O)[C@@H](N)CC(=O)O)C(=O)N[C@@H](Cc2ccccc2)C(=O)N[C@@H](Cc2c[nH]c3ccccc23)C(=O)N[C@@H](CCCCN)C(=O)N[C@@H](Cc2ccc(O)cc2)C(=O)N1)C(=O)O. The van der Waals surface area contributed by atoms with Crippen LogP contribution in [0.5, 0.6) is 5.75 Å². The van der Waals surface area contributed by atoms with Gasteiger partial charge in [-0.15, -0.1) is 0 Å². The van der Waals surface area contributed by atoms with E-state index in [4.69, 9.17) is 11.5 Å². The fourth-order valence-electron chi connectivity index (χ4n) is 8.31. The van der Waals surface area contributed by atoms with Gasteiger partial charge in [-0.1, -0.05) is 96.1 Å². The number of aliphatic carboxylic acids is 2. The minimum Gasteiger partial charge on any atom is -0.508 e. The van der Waals surface area contributed by atoms with Crippen molar-refractivity contribution < 1.29 is 58.5 Å². The van der Waals surface area contributed by atoms with Crippen LogP contribution in [0.1, 0.15) is 70.1 Å². The molecule has 5 rings (SSSR count). The number of carbonyl (C=O) groups is 9. The van der Waals surface area contributed by atoms with Crippen LogP contribution in [0.15, 0.2) is 85.1 Å². The number of aromatic nitrogens is 1. The van der Waals surface area contributed by atoms with E-state index in [1.807, 2.05) is 18.2 Å². The van der Waals surface area contributed by atoms with Crippen LogP contribution in [-0.4, -0.2) is 139 Å². The monoisotopic (exact) mass is 1090 g/mol. The van der Waals surface area contributed by atoms with E-state index in [0.29, 0.717) is 29.5 Å². The maximum Gasteiger partial charge on any atom is 0.326 e. The second kappa shape index (κ2) is 28.1. The number of carbonyl (C=O) groups excluding carboxylic acids is 7. The Kier molecular flexibility index (Phi) is 22.1. The fraction of sp³-hybridized carbons (Fsp3) is 0.442. The number of nitrogens with one attached hydrogen (secondary N) is 8. The third kappa shape index (κ3) is 17.5. The van der Waals surface area contributed by atoms with E-state index in [2.05, 4.69) is 42.2 Å². The molecule has 3 aromatic carbocycles. The quantitative estimate of drug-likeness (QED) is 0.0491. The minimum atomic E-state index is -1.62. The van der Waals surface area contributed by atoms with E-state index in [1.165, 1.54) is 24.3 Å². The van der Waals surface area contributed by atoms with E-state index in [9.17, 15) is 58.5 Å². The van der Waals surface area contributed by atoms with Crippen molar-refractivity contribution in [3.05, 3.63) is 102 Å². The highest BCUT2D eigenvalue weighted by atomic mass is 33.1. The summed E-state index contributed by atoms with van der Waals surface area (Å²) in [6.45, 7) is 6.50. The molecular weight excluding hydrogens is 1020 g/mol. The van der Waals surface area contributed by atoms with Crippen LogP contribution in [0.2, 0.25) is 0 Å². The number of H-pyrrole nitrogens is 1. The lowest BCUT2D eigenvalue weighted by atomic mass is 9.98. The molecule has 0 spiro atoms.